The Labute approximate surface area is 238 Å². The van der Waals surface area contributed by atoms with Crippen LogP contribution in [0.2, 0.25) is 0 Å². The normalized spacial score (nSPS) is 15.7. The van der Waals surface area contributed by atoms with Crippen molar-refractivity contribution in [1.82, 2.24) is 5.43 Å². The number of benzene rings is 4. The molecule has 1 fully saturated rings. The van der Waals surface area contributed by atoms with Crippen LogP contribution in [0, 0.1) is 12.8 Å². The molecule has 5 rings (SSSR count). The summed E-state index contributed by atoms with van der Waals surface area (Å²) in [6.45, 7) is 1.91. The van der Waals surface area contributed by atoms with Crippen LogP contribution in [0.25, 0.3) is 0 Å². The number of hydrazone groups is 1. The fourth-order valence-electron chi connectivity index (χ4n) is 4.81. The zero-order valence-electron chi connectivity index (χ0n) is 20.5. The minimum atomic E-state index is -0.483. The number of hydrogen-bond donors (Lipinski definition) is 1. The number of carbonyl (C=O) groups excluding carboxylic acids is 2. The highest BCUT2D eigenvalue weighted by Crippen LogP contribution is 2.58. The molecule has 1 N–H and O–H groups in total. The molecule has 0 unspecified atom stereocenters. The van der Waals surface area contributed by atoms with Crippen molar-refractivity contribution in [2.45, 2.75) is 18.8 Å². The summed E-state index contributed by atoms with van der Waals surface area (Å²) in [4.78, 5) is 26.0. The quantitative estimate of drug-likeness (QED) is 0.102. The Morgan fingerprint density at radius 3 is 2.21 bits per heavy atom. The van der Waals surface area contributed by atoms with Crippen molar-refractivity contribution in [3.63, 3.8) is 0 Å². The molecule has 0 bridgehead atoms. The second kappa shape index (κ2) is 11.1. The fourth-order valence-corrected chi connectivity index (χ4v) is 6.15. The minimum Gasteiger partial charge on any atom is -0.421 e. The monoisotopic (exact) mass is 630 g/mol. The van der Waals surface area contributed by atoms with Crippen LogP contribution in [-0.2, 0) is 10.2 Å². The summed E-state index contributed by atoms with van der Waals surface area (Å²) in [5, 5.41) is 4.24. The van der Waals surface area contributed by atoms with Gasteiger partial charge >= 0.3 is 5.97 Å². The van der Waals surface area contributed by atoms with Crippen molar-refractivity contribution >= 4 is 50.0 Å². The molecule has 1 aliphatic rings. The molecule has 1 aliphatic carbocycles. The van der Waals surface area contributed by atoms with Gasteiger partial charge in [-0.3, -0.25) is 4.79 Å². The molecule has 4 aromatic rings. The number of halogens is 2. The average molecular weight is 632 g/mol. The summed E-state index contributed by atoms with van der Waals surface area (Å²) in [5.41, 5.74) is 6.48. The first-order chi connectivity index (χ1) is 18.4. The van der Waals surface area contributed by atoms with Gasteiger partial charge in [0.25, 0.3) is 0 Å². The first kappa shape index (κ1) is 26.1. The Bertz CT molecular complexity index is 1480. The largest absolute Gasteiger partial charge is 0.421 e. The maximum absolute atomic E-state index is 13.2. The van der Waals surface area contributed by atoms with E-state index in [4.69, 9.17) is 4.74 Å². The van der Waals surface area contributed by atoms with Gasteiger partial charge in [0, 0.05) is 15.5 Å². The van der Waals surface area contributed by atoms with Crippen LogP contribution in [0.3, 0.4) is 0 Å². The number of nitrogens with zero attached hydrogens (tertiary/aromatic N) is 1. The van der Waals surface area contributed by atoms with Crippen molar-refractivity contribution in [3.8, 4) is 5.75 Å². The molecule has 190 valence electrons. The second-order valence-corrected chi connectivity index (χ2v) is 11.0. The molecule has 38 heavy (non-hydrogen) atoms. The second-order valence-electron chi connectivity index (χ2n) is 9.26. The number of hydrogen-bond acceptors (Lipinski definition) is 4. The maximum atomic E-state index is 13.2. The highest BCUT2D eigenvalue weighted by molar-refractivity contribution is 9.11. The lowest BCUT2D eigenvalue weighted by molar-refractivity contribution is -0.122. The third-order valence-electron chi connectivity index (χ3n) is 6.72. The highest BCUT2D eigenvalue weighted by Gasteiger charge is 2.60. The average Bonchev–Trinajstić information content (AvgIpc) is 3.69. The van der Waals surface area contributed by atoms with Gasteiger partial charge in [-0.1, -0.05) is 94.3 Å². The maximum Gasteiger partial charge on any atom is 0.343 e. The summed E-state index contributed by atoms with van der Waals surface area (Å²) < 4.78 is 7.07. The predicted octanol–water partition coefficient (Wildman–Crippen LogP) is 7.20. The van der Waals surface area contributed by atoms with Crippen molar-refractivity contribution in [1.29, 1.82) is 0 Å². The Balaban J connectivity index is 1.35. The Hall–Kier alpha value is -3.55. The van der Waals surface area contributed by atoms with Gasteiger partial charge < -0.3 is 4.74 Å². The molecule has 1 amide bonds. The summed E-state index contributed by atoms with van der Waals surface area (Å²) in [7, 11) is 0. The van der Waals surface area contributed by atoms with Crippen LogP contribution in [0.1, 0.15) is 39.0 Å². The van der Waals surface area contributed by atoms with E-state index in [1.54, 1.807) is 24.3 Å². The van der Waals surface area contributed by atoms with E-state index in [0.29, 0.717) is 27.8 Å². The third kappa shape index (κ3) is 5.35. The summed E-state index contributed by atoms with van der Waals surface area (Å²) in [6, 6.07) is 31.0. The van der Waals surface area contributed by atoms with Gasteiger partial charge in [0.2, 0.25) is 5.91 Å². The van der Waals surface area contributed by atoms with Gasteiger partial charge in [0.05, 0.1) is 22.2 Å². The zero-order valence-corrected chi connectivity index (χ0v) is 23.7. The van der Waals surface area contributed by atoms with Gasteiger partial charge in [0.1, 0.15) is 0 Å². The number of rotatable bonds is 7. The molecule has 1 atom stereocenters. The molecule has 5 nitrogen and oxygen atoms in total. The molecule has 0 aliphatic heterocycles. The minimum absolute atomic E-state index is 0.165. The van der Waals surface area contributed by atoms with Crippen LogP contribution < -0.4 is 10.2 Å². The van der Waals surface area contributed by atoms with E-state index >= 15 is 0 Å². The lowest BCUT2D eigenvalue weighted by Crippen LogP contribution is -2.25. The molecule has 0 heterocycles. The molecule has 0 radical (unpaired) electrons. The van der Waals surface area contributed by atoms with E-state index in [1.165, 1.54) is 6.21 Å². The lowest BCUT2D eigenvalue weighted by Gasteiger charge is -2.18. The number of carbonyl (C=O) groups is 2. The van der Waals surface area contributed by atoms with Crippen molar-refractivity contribution < 1.29 is 14.3 Å². The standard InChI is InChI=1S/C31H24Br2N2O3/c1-20-9-8-10-21(15-20)30(37)38-28-22(16-25(32)17-27(28)33)19-34-35-29(36)26-18-31(26,23-11-4-2-5-12-23)24-13-6-3-7-14-24/h2-17,19,26H,18H2,1H3,(H,35,36)/b34-19-/t26-/m0/s1. The molecule has 0 spiro atoms. The number of ether oxygens (including phenoxy) is 1. The predicted molar refractivity (Wildman–Crippen MR) is 155 cm³/mol. The Kier molecular flexibility index (Phi) is 7.58. The van der Waals surface area contributed by atoms with Crippen LogP contribution in [0.4, 0.5) is 0 Å². The van der Waals surface area contributed by atoms with Crippen LogP contribution in [0.5, 0.6) is 5.75 Å². The Morgan fingerprint density at radius 1 is 0.921 bits per heavy atom. The molecular formula is C31H24Br2N2O3. The van der Waals surface area contributed by atoms with Crippen LogP contribution >= 0.6 is 31.9 Å². The zero-order chi connectivity index (χ0) is 26.7. The van der Waals surface area contributed by atoms with E-state index in [1.807, 2.05) is 55.5 Å². The number of aryl methyl sites for hydroxylation is 1. The lowest BCUT2D eigenvalue weighted by atomic mass is 9.85. The summed E-state index contributed by atoms with van der Waals surface area (Å²) in [6.07, 6.45) is 2.19. The van der Waals surface area contributed by atoms with E-state index in [0.717, 1.165) is 21.2 Å². The summed E-state index contributed by atoms with van der Waals surface area (Å²) in [5.74, 6) is -0.588. The molecule has 0 saturated heterocycles. The molecular weight excluding hydrogens is 608 g/mol. The first-order valence-corrected chi connectivity index (χ1v) is 13.7. The van der Waals surface area contributed by atoms with Crippen LogP contribution in [0.15, 0.2) is 111 Å². The van der Waals surface area contributed by atoms with E-state index in [2.05, 4.69) is 66.7 Å². The van der Waals surface area contributed by atoms with E-state index < -0.39 is 5.97 Å². The summed E-state index contributed by atoms with van der Waals surface area (Å²) >= 11 is 6.95. The SMILES string of the molecule is Cc1cccc(C(=O)Oc2c(Br)cc(Br)cc2/C=N\NC(=O)[C@@H]2CC2(c2ccccc2)c2ccccc2)c1. The number of amides is 1. The topological polar surface area (TPSA) is 67.8 Å². The molecule has 0 aromatic heterocycles. The van der Waals surface area contributed by atoms with Gasteiger partial charge in [-0.25, -0.2) is 10.2 Å². The van der Waals surface area contributed by atoms with Crippen molar-refractivity contribution in [3.05, 3.63) is 134 Å². The van der Waals surface area contributed by atoms with E-state index in [9.17, 15) is 9.59 Å². The van der Waals surface area contributed by atoms with Crippen molar-refractivity contribution in [2.24, 2.45) is 11.0 Å². The fraction of sp³-hybridized carbons (Fsp3) is 0.129. The molecule has 1 saturated carbocycles. The van der Waals surface area contributed by atoms with Gasteiger partial charge in [-0.2, -0.15) is 5.10 Å². The van der Waals surface area contributed by atoms with Crippen LogP contribution in [-0.4, -0.2) is 18.1 Å². The molecule has 4 aromatic carbocycles. The van der Waals surface area contributed by atoms with E-state index in [-0.39, 0.29) is 17.2 Å². The third-order valence-corrected chi connectivity index (χ3v) is 7.77. The Morgan fingerprint density at radius 2 is 1.58 bits per heavy atom. The van der Waals surface area contributed by atoms with Gasteiger partial charge in [-0.15, -0.1) is 0 Å². The first-order valence-electron chi connectivity index (χ1n) is 12.1. The highest BCUT2D eigenvalue weighted by atomic mass is 79.9. The van der Waals surface area contributed by atoms with Gasteiger partial charge in [-0.05, 0) is 64.7 Å². The van der Waals surface area contributed by atoms with Gasteiger partial charge in [0.15, 0.2) is 5.75 Å². The smallest absolute Gasteiger partial charge is 0.343 e. The number of esters is 1. The van der Waals surface area contributed by atoms with Crippen molar-refractivity contribution in [2.75, 3.05) is 0 Å². The molecule has 7 heteroatoms. The number of nitrogens with one attached hydrogen (secondary N) is 1.